The first-order valence-corrected chi connectivity index (χ1v) is 10.4. The molecule has 8 heteroatoms. The molecule has 0 unspecified atom stereocenters. The van der Waals surface area contributed by atoms with Gasteiger partial charge in [-0.25, -0.2) is 14.4 Å². The highest BCUT2D eigenvalue weighted by Gasteiger charge is 2.24. The Hall–Kier alpha value is -3.62. The zero-order valence-electron chi connectivity index (χ0n) is 17.2. The van der Waals surface area contributed by atoms with Gasteiger partial charge < -0.3 is 19.2 Å². The Morgan fingerprint density at radius 2 is 1.75 bits per heavy atom. The van der Waals surface area contributed by atoms with Gasteiger partial charge in [0.15, 0.2) is 5.82 Å². The van der Waals surface area contributed by atoms with Crippen LogP contribution < -0.4 is 4.74 Å². The maximum absolute atomic E-state index is 13.5. The number of halogens is 1. The van der Waals surface area contributed by atoms with Crippen molar-refractivity contribution in [1.29, 1.82) is 0 Å². The number of hydrogen-bond acceptors (Lipinski definition) is 6. The van der Waals surface area contributed by atoms with Gasteiger partial charge in [-0.1, -0.05) is 30.3 Å². The number of rotatable bonds is 6. The van der Waals surface area contributed by atoms with Gasteiger partial charge in [0, 0.05) is 11.8 Å². The third-order valence-electron chi connectivity index (χ3n) is 4.99. The zero-order valence-corrected chi connectivity index (χ0v) is 17.2. The highest BCUT2D eigenvalue weighted by atomic mass is 19.1. The van der Waals surface area contributed by atoms with E-state index in [-0.39, 0.29) is 11.8 Å². The van der Waals surface area contributed by atoms with Crippen LogP contribution in [0.4, 0.5) is 4.39 Å². The first kappa shape index (κ1) is 20.3. The van der Waals surface area contributed by atoms with E-state index >= 15 is 0 Å². The zero-order chi connectivity index (χ0) is 21.8. The first-order chi connectivity index (χ1) is 15.8. The summed E-state index contributed by atoms with van der Waals surface area (Å²) in [4.78, 5) is 16.8. The quantitative estimate of drug-likeness (QED) is 0.476. The molecule has 0 spiro atoms. The van der Waals surface area contributed by atoms with Crippen molar-refractivity contribution in [1.82, 2.24) is 19.9 Å². The Balaban J connectivity index is 1.48. The number of benzene rings is 2. The minimum atomic E-state index is -0.590. The number of aromatic nitrogens is 4. The molecular formula is C24H21FN4O3. The molecule has 32 heavy (non-hydrogen) atoms. The minimum Gasteiger partial charge on any atom is -0.459 e. The lowest BCUT2D eigenvalue weighted by atomic mass is 10.1. The van der Waals surface area contributed by atoms with E-state index < -0.39 is 6.29 Å². The first-order valence-electron chi connectivity index (χ1n) is 10.4. The normalized spacial score (nSPS) is 14.4. The summed E-state index contributed by atoms with van der Waals surface area (Å²) in [6.07, 6.45) is 1.88. The van der Waals surface area contributed by atoms with Gasteiger partial charge in [-0.3, -0.25) is 0 Å². The van der Waals surface area contributed by atoms with Crippen LogP contribution in [0.2, 0.25) is 0 Å². The topological polar surface area (TPSA) is 82.2 Å². The molecule has 3 heterocycles. The molecule has 1 fully saturated rings. The van der Waals surface area contributed by atoms with Gasteiger partial charge in [0.2, 0.25) is 6.29 Å². The molecule has 1 N–H and O–H groups in total. The molecule has 0 amide bonds. The van der Waals surface area contributed by atoms with E-state index in [0.717, 1.165) is 17.5 Å². The number of nitrogens with zero attached hydrogens (tertiary/aromatic N) is 3. The molecule has 1 aliphatic heterocycles. The summed E-state index contributed by atoms with van der Waals surface area (Å²) in [6.45, 7) is 1.54. The van der Waals surface area contributed by atoms with E-state index in [0.29, 0.717) is 42.7 Å². The number of hydrogen-bond donors (Lipinski definition) is 1. The fraction of sp³-hybridized carbons (Fsp3) is 0.208. The van der Waals surface area contributed by atoms with E-state index in [1.54, 1.807) is 24.4 Å². The van der Waals surface area contributed by atoms with Gasteiger partial charge in [0.05, 0.1) is 30.3 Å². The third-order valence-corrected chi connectivity index (χ3v) is 4.99. The summed E-state index contributed by atoms with van der Waals surface area (Å²) in [5, 5.41) is 0. The molecule has 162 valence electrons. The van der Waals surface area contributed by atoms with E-state index in [4.69, 9.17) is 19.2 Å². The summed E-state index contributed by atoms with van der Waals surface area (Å²) < 4.78 is 30.7. The van der Waals surface area contributed by atoms with Gasteiger partial charge in [0.1, 0.15) is 12.4 Å². The fourth-order valence-electron chi connectivity index (χ4n) is 3.42. The molecular weight excluding hydrogens is 411 g/mol. The lowest BCUT2D eigenvalue weighted by Gasteiger charge is -2.21. The van der Waals surface area contributed by atoms with Crippen LogP contribution in [0, 0.1) is 5.82 Å². The van der Waals surface area contributed by atoms with Crippen molar-refractivity contribution in [3.05, 3.63) is 84.1 Å². The van der Waals surface area contributed by atoms with Gasteiger partial charge in [-0.05, 0) is 42.3 Å². The predicted molar refractivity (Wildman–Crippen MR) is 115 cm³/mol. The summed E-state index contributed by atoms with van der Waals surface area (Å²) in [5.41, 5.74) is 3.62. The maximum atomic E-state index is 13.5. The van der Waals surface area contributed by atoms with Crippen molar-refractivity contribution in [2.24, 2.45) is 0 Å². The van der Waals surface area contributed by atoms with E-state index in [2.05, 4.69) is 15.0 Å². The van der Waals surface area contributed by atoms with Gasteiger partial charge in [-0.2, -0.15) is 4.98 Å². The van der Waals surface area contributed by atoms with Crippen LogP contribution in [0.3, 0.4) is 0 Å². The standard InChI is InChI=1S/C24H21FN4O3/c25-18-9-7-17(8-10-18)20-21(29-22(28-20)23-30-13-4-14-31-23)19-11-12-26-24(27-19)32-15-16-5-2-1-3-6-16/h1-3,5-12,23H,4,13-15H2,(H,28,29). The molecule has 0 saturated carbocycles. The average Bonchev–Trinajstić information content (AvgIpc) is 3.30. The second kappa shape index (κ2) is 9.25. The second-order valence-corrected chi connectivity index (χ2v) is 7.28. The molecule has 0 bridgehead atoms. The van der Waals surface area contributed by atoms with Crippen LogP contribution in [0.5, 0.6) is 6.01 Å². The van der Waals surface area contributed by atoms with Gasteiger partial charge >= 0.3 is 6.01 Å². The van der Waals surface area contributed by atoms with E-state index in [1.165, 1.54) is 12.1 Å². The Bertz CT molecular complexity index is 1180. The highest BCUT2D eigenvalue weighted by molar-refractivity contribution is 5.76. The van der Waals surface area contributed by atoms with Gasteiger partial charge in [0.25, 0.3) is 0 Å². The van der Waals surface area contributed by atoms with Crippen molar-refractivity contribution < 1.29 is 18.6 Å². The monoisotopic (exact) mass is 432 g/mol. The van der Waals surface area contributed by atoms with Crippen molar-refractivity contribution in [2.75, 3.05) is 13.2 Å². The average molecular weight is 432 g/mol. The maximum Gasteiger partial charge on any atom is 0.317 e. The smallest absolute Gasteiger partial charge is 0.317 e. The Morgan fingerprint density at radius 3 is 2.53 bits per heavy atom. The van der Waals surface area contributed by atoms with Crippen LogP contribution in [-0.4, -0.2) is 33.1 Å². The highest BCUT2D eigenvalue weighted by Crippen LogP contribution is 2.33. The molecule has 1 aliphatic rings. The molecule has 2 aromatic carbocycles. The largest absolute Gasteiger partial charge is 0.459 e. The van der Waals surface area contributed by atoms with Crippen molar-refractivity contribution in [2.45, 2.75) is 19.3 Å². The van der Waals surface area contributed by atoms with Crippen molar-refractivity contribution in [3.63, 3.8) is 0 Å². The van der Waals surface area contributed by atoms with Crippen LogP contribution in [-0.2, 0) is 16.1 Å². The molecule has 1 saturated heterocycles. The summed E-state index contributed by atoms with van der Waals surface area (Å²) in [6, 6.07) is 18.0. The van der Waals surface area contributed by atoms with Crippen LogP contribution in [0.15, 0.2) is 66.9 Å². The van der Waals surface area contributed by atoms with E-state index in [9.17, 15) is 4.39 Å². The number of ether oxygens (including phenoxy) is 3. The van der Waals surface area contributed by atoms with Gasteiger partial charge in [-0.15, -0.1) is 0 Å². The Morgan fingerprint density at radius 1 is 0.969 bits per heavy atom. The Kier molecular flexibility index (Phi) is 5.87. The molecule has 0 radical (unpaired) electrons. The number of aromatic amines is 1. The number of imidazole rings is 1. The van der Waals surface area contributed by atoms with Crippen molar-refractivity contribution in [3.8, 4) is 28.7 Å². The molecule has 2 aromatic heterocycles. The summed E-state index contributed by atoms with van der Waals surface area (Å²) >= 11 is 0. The summed E-state index contributed by atoms with van der Waals surface area (Å²) in [5.74, 6) is 0.216. The Labute approximate surface area is 184 Å². The lowest BCUT2D eigenvalue weighted by Crippen LogP contribution is -2.18. The molecule has 0 aliphatic carbocycles. The van der Waals surface area contributed by atoms with Crippen LogP contribution >= 0.6 is 0 Å². The second-order valence-electron chi connectivity index (χ2n) is 7.28. The molecule has 0 atom stereocenters. The SMILES string of the molecule is Fc1ccc(-c2nc(C3OCCCO3)[nH]c2-c2ccnc(OCc3ccccc3)n2)cc1. The lowest BCUT2D eigenvalue weighted by molar-refractivity contribution is -0.186. The molecule has 4 aromatic rings. The molecule has 5 rings (SSSR count). The minimum absolute atomic E-state index is 0.248. The number of H-pyrrole nitrogens is 1. The van der Waals surface area contributed by atoms with Crippen LogP contribution in [0.1, 0.15) is 24.1 Å². The fourth-order valence-corrected chi connectivity index (χ4v) is 3.42. The molecule has 7 nitrogen and oxygen atoms in total. The van der Waals surface area contributed by atoms with Crippen LogP contribution in [0.25, 0.3) is 22.6 Å². The summed E-state index contributed by atoms with van der Waals surface area (Å²) in [7, 11) is 0. The van der Waals surface area contributed by atoms with E-state index in [1.807, 2.05) is 30.3 Å². The predicted octanol–water partition coefficient (Wildman–Crippen LogP) is 4.69. The third kappa shape index (κ3) is 4.51. The number of nitrogens with one attached hydrogen (secondary N) is 1. The van der Waals surface area contributed by atoms with Crippen molar-refractivity contribution >= 4 is 0 Å².